The van der Waals surface area contributed by atoms with E-state index in [4.69, 9.17) is 4.74 Å². The van der Waals surface area contributed by atoms with Gasteiger partial charge < -0.3 is 10.1 Å². The van der Waals surface area contributed by atoms with Gasteiger partial charge in [-0.2, -0.15) is 0 Å². The highest BCUT2D eigenvalue weighted by atomic mass is 16.5. The standard InChI is InChI=1S/C22H23N3O3/c1-3-16(17-7-5-4-6-8-17)14-25-21(26)15(2)28-22(27)18-9-10-19-20(13-18)24-12-11-23-19/h4-13,15-16H,3,14H2,1-2H3,(H,25,26)/t15-,16+/m0/s1. The van der Waals surface area contributed by atoms with Crippen LogP contribution in [0.4, 0.5) is 0 Å². The third-order valence-corrected chi connectivity index (χ3v) is 4.64. The van der Waals surface area contributed by atoms with Gasteiger partial charge in [-0.1, -0.05) is 37.3 Å². The van der Waals surface area contributed by atoms with E-state index in [2.05, 4.69) is 22.2 Å². The summed E-state index contributed by atoms with van der Waals surface area (Å²) >= 11 is 0. The summed E-state index contributed by atoms with van der Waals surface area (Å²) in [4.78, 5) is 33.1. The van der Waals surface area contributed by atoms with Gasteiger partial charge in [0.15, 0.2) is 6.10 Å². The minimum Gasteiger partial charge on any atom is -0.449 e. The molecule has 6 heteroatoms. The van der Waals surface area contributed by atoms with Crippen molar-refractivity contribution in [2.75, 3.05) is 6.54 Å². The lowest BCUT2D eigenvalue weighted by Gasteiger charge is -2.18. The van der Waals surface area contributed by atoms with Crippen LogP contribution in [0.2, 0.25) is 0 Å². The SMILES string of the molecule is CC[C@H](CNC(=O)[C@H](C)OC(=O)c1ccc2nccnc2c1)c1ccccc1. The molecule has 2 atom stereocenters. The topological polar surface area (TPSA) is 81.2 Å². The van der Waals surface area contributed by atoms with Crippen LogP contribution in [0.5, 0.6) is 0 Å². The van der Waals surface area contributed by atoms with Crippen LogP contribution in [-0.2, 0) is 9.53 Å². The zero-order valence-electron chi connectivity index (χ0n) is 16.0. The first kappa shape index (κ1) is 19.5. The predicted octanol–water partition coefficient (Wildman–Crippen LogP) is 3.49. The van der Waals surface area contributed by atoms with Crippen molar-refractivity contribution in [1.29, 1.82) is 0 Å². The first-order valence-electron chi connectivity index (χ1n) is 9.33. The molecule has 0 aliphatic heterocycles. The molecule has 0 saturated heterocycles. The van der Waals surface area contributed by atoms with Gasteiger partial charge in [0.2, 0.25) is 0 Å². The third-order valence-electron chi connectivity index (χ3n) is 4.64. The molecule has 0 spiro atoms. The molecule has 0 aliphatic rings. The van der Waals surface area contributed by atoms with Crippen molar-refractivity contribution >= 4 is 22.9 Å². The van der Waals surface area contributed by atoms with E-state index in [0.717, 1.165) is 6.42 Å². The third kappa shape index (κ3) is 4.71. The summed E-state index contributed by atoms with van der Waals surface area (Å²) in [7, 11) is 0. The molecule has 28 heavy (non-hydrogen) atoms. The van der Waals surface area contributed by atoms with Gasteiger partial charge in [0.25, 0.3) is 5.91 Å². The molecule has 0 unspecified atom stereocenters. The maximum atomic E-state index is 12.4. The Morgan fingerprint density at radius 3 is 2.46 bits per heavy atom. The number of ether oxygens (including phenoxy) is 1. The lowest BCUT2D eigenvalue weighted by molar-refractivity contribution is -0.129. The molecule has 144 valence electrons. The van der Waals surface area contributed by atoms with Crippen molar-refractivity contribution in [3.63, 3.8) is 0 Å². The smallest absolute Gasteiger partial charge is 0.338 e. The lowest BCUT2D eigenvalue weighted by atomic mass is 9.96. The van der Waals surface area contributed by atoms with Gasteiger partial charge in [-0.25, -0.2) is 4.79 Å². The quantitative estimate of drug-likeness (QED) is 0.638. The highest BCUT2D eigenvalue weighted by Gasteiger charge is 2.20. The van der Waals surface area contributed by atoms with E-state index in [9.17, 15) is 9.59 Å². The van der Waals surface area contributed by atoms with E-state index in [1.54, 1.807) is 37.5 Å². The first-order valence-corrected chi connectivity index (χ1v) is 9.33. The van der Waals surface area contributed by atoms with Gasteiger partial charge in [0.1, 0.15) is 0 Å². The molecule has 0 saturated carbocycles. The molecular formula is C22H23N3O3. The molecule has 1 N–H and O–H groups in total. The summed E-state index contributed by atoms with van der Waals surface area (Å²) in [6.45, 7) is 4.14. The Balaban J connectivity index is 1.57. The number of rotatable bonds is 7. The number of carbonyl (C=O) groups excluding carboxylic acids is 2. The number of carbonyl (C=O) groups is 2. The number of amides is 1. The Bertz CT molecular complexity index is 959. The summed E-state index contributed by atoms with van der Waals surface area (Å²) in [5.74, 6) is -0.666. The number of aromatic nitrogens is 2. The molecule has 3 aromatic rings. The van der Waals surface area contributed by atoms with E-state index in [-0.39, 0.29) is 11.8 Å². The fraction of sp³-hybridized carbons (Fsp3) is 0.273. The normalized spacial score (nSPS) is 12.9. The molecule has 1 aromatic heterocycles. The molecule has 0 aliphatic carbocycles. The molecule has 0 bridgehead atoms. The Morgan fingerprint density at radius 2 is 1.75 bits per heavy atom. The molecular weight excluding hydrogens is 354 g/mol. The molecule has 3 rings (SSSR count). The molecule has 0 fully saturated rings. The second kappa shape index (κ2) is 9.08. The summed E-state index contributed by atoms with van der Waals surface area (Å²) < 4.78 is 5.32. The highest BCUT2D eigenvalue weighted by Crippen LogP contribution is 2.18. The van der Waals surface area contributed by atoms with E-state index in [1.807, 2.05) is 30.3 Å². The van der Waals surface area contributed by atoms with Crippen molar-refractivity contribution in [3.05, 3.63) is 72.1 Å². The number of nitrogens with zero attached hydrogens (tertiary/aromatic N) is 2. The zero-order valence-corrected chi connectivity index (χ0v) is 16.0. The Kier molecular flexibility index (Phi) is 6.32. The predicted molar refractivity (Wildman–Crippen MR) is 107 cm³/mol. The fourth-order valence-corrected chi connectivity index (χ4v) is 2.96. The van der Waals surface area contributed by atoms with Crippen LogP contribution in [0.25, 0.3) is 11.0 Å². The van der Waals surface area contributed by atoms with E-state index in [1.165, 1.54) is 5.56 Å². The van der Waals surface area contributed by atoms with E-state index in [0.29, 0.717) is 23.1 Å². The van der Waals surface area contributed by atoms with Crippen LogP contribution in [0.3, 0.4) is 0 Å². The van der Waals surface area contributed by atoms with Gasteiger partial charge in [-0.15, -0.1) is 0 Å². The van der Waals surface area contributed by atoms with Gasteiger partial charge in [0.05, 0.1) is 16.6 Å². The number of hydrogen-bond donors (Lipinski definition) is 1. The second-order valence-electron chi connectivity index (χ2n) is 6.57. The van der Waals surface area contributed by atoms with Crippen LogP contribution in [0.15, 0.2) is 60.9 Å². The lowest BCUT2D eigenvalue weighted by Crippen LogP contribution is -2.38. The number of esters is 1. The zero-order chi connectivity index (χ0) is 19.9. The number of fused-ring (bicyclic) bond motifs is 1. The minimum absolute atomic E-state index is 0.215. The monoisotopic (exact) mass is 377 g/mol. The van der Waals surface area contributed by atoms with E-state index >= 15 is 0 Å². The van der Waals surface area contributed by atoms with Crippen molar-refractivity contribution in [3.8, 4) is 0 Å². The fourth-order valence-electron chi connectivity index (χ4n) is 2.96. The van der Waals surface area contributed by atoms with Crippen molar-refractivity contribution in [1.82, 2.24) is 15.3 Å². The van der Waals surface area contributed by atoms with Gasteiger partial charge in [0, 0.05) is 24.9 Å². The molecule has 1 heterocycles. The summed E-state index contributed by atoms with van der Waals surface area (Å²) in [6, 6.07) is 15.0. The number of benzene rings is 2. The van der Waals surface area contributed by atoms with E-state index < -0.39 is 12.1 Å². The van der Waals surface area contributed by atoms with Gasteiger partial charge in [-0.3, -0.25) is 14.8 Å². The van der Waals surface area contributed by atoms with Crippen LogP contribution < -0.4 is 5.32 Å². The summed E-state index contributed by atoms with van der Waals surface area (Å²) in [6.07, 6.45) is 3.16. The van der Waals surface area contributed by atoms with Gasteiger partial charge >= 0.3 is 5.97 Å². The van der Waals surface area contributed by atoms with Crippen molar-refractivity contribution in [2.45, 2.75) is 32.3 Å². The number of hydrogen-bond acceptors (Lipinski definition) is 5. The molecule has 1 amide bonds. The Labute approximate surface area is 164 Å². The maximum Gasteiger partial charge on any atom is 0.338 e. The molecule has 2 aromatic carbocycles. The average Bonchev–Trinajstić information content (AvgIpc) is 2.74. The van der Waals surface area contributed by atoms with Crippen LogP contribution in [0.1, 0.15) is 42.1 Å². The van der Waals surface area contributed by atoms with Crippen LogP contribution in [-0.4, -0.2) is 34.5 Å². The van der Waals surface area contributed by atoms with Crippen molar-refractivity contribution < 1.29 is 14.3 Å². The van der Waals surface area contributed by atoms with Gasteiger partial charge in [-0.05, 0) is 37.1 Å². The molecule has 6 nitrogen and oxygen atoms in total. The summed E-state index contributed by atoms with van der Waals surface area (Å²) in [5, 5.41) is 2.88. The summed E-state index contributed by atoms with van der Waals surface area (Å²) in [5.41, 5.74) is 2.80. The van der Waals surface area contributed by atoms with Crippen LogP contribution >= 0.6 is 0 Å². The maximum absolute atomic E-state index is 12.4. The second-order valence-corrected chi connectivity index (χ2v) is 6.57. The largest absolute Gasteiger partial charge is 0.449 e. The van der Waals surface area contributed by atoms with Crippen LogP contribution in [0, 0.1) is 0 Å². The number of nitrogens with one attached hydrogen (secondary N) is 1. The minimum atomic E-state index is -0.890. The highest BCUT2D eigenvalue weighted by molar-refractivity contribution is 5.95. The Morgan fingerprint density at radius 1 is 1.04 bits per heavy atom. The first-order chi connectivity index (χ1) is 13.6. The molecule has 0 radical (unpaired) electrons. The Hall–Kier alpha value is -3.28. The van der Waals surface area contributed by atoms with Crippen molar-refractivity contribution in [2.24, 2.45) is 0 Å². The average molecular weight is 377 g/mol.